The summed E-state index contributed by atoms with van der Waals surface area (Å²) in [6.07, 6.45) is 3.72. The molecular formula is C10H21NO. The third kappa shape index (κ3) is 2.20. The van der Waals surface area contributed by atoms with Gasteiger partial charge in [-0.2, -0.15) is 0 Å². The van der Waals surface area contributed by atoms with E-state index in [9.17, 15) is 5.11 Å². The summed E-state index contributed by atoms with van der Waals surface area (Å²) in [5.41, 5.74) is 0.216. The number of hydrogen-bond acceptors (Lipinski definition) is 2. The molecule has 1 aliphatic rings. The van der Waals surface area contributed by atoms with E-state index in [-0.39, 0.29) is 5.54 Å². The molecular weight excluding hydrogens is 150 g/mol. The van der Waals surface area contributed by atoms with Crippen molar-refractivity contribution in [3.05, 3.63) is 0 Å². The van der Waals surface area contributed by atoms with Gasteiger partial charge in [0.25, 0.3) is 0 Å². The van der Waals surface area contributed by atoms with Crippen molar-refractivity contribution in [2.75, 3.05) is 13.2 Å². The molecule has 0 amide bonds. The van der Waals surface area contributed by atoms with Crippen molar-refractivity contribution in [1.82, 2.24) is 4.90 Å². The molecule has 1 N–H and O–H groups in total. The Kier molecular flexibility index (Phi) is 3.13. The van der Waals surface area contributed by atoms with Crippen LogP contribution >= 0.6 is 0 Å². The number of likely N-dealkylation sites (tertiary alicyclic amines) is 1. The average molecular weight is 171 g/mol. The highest BCUT2D eigenvalue weighted by molar-refractivity contribution is 4.85. The molecule has 0 saturated carbocycles. The lowest BCUT2D eigenvalue weighted by atomic mass is 9.95. The number of aliphatic hydroxyl groups is 1. The standard InChI is InChI=1S/C10H21NO/c1-10(2,3)11-7-5-4-6-9(11)8-12/h9,12H,4-8H2,1-3H3. The van der Waals surface area contributed by atoms with E-state index in [2.05, 4.69) is 25.7 Å². The van der Waals surface area contributed by atoms with Crippen LogP contribution in [0.1, 0.15) is 40.0 Å². The molecule has 1 heterocycles. The maximum atomic E-state index is 9.18. The van der Waals surface area contributed by atoms with E-state index in [0.717, 1.165) is 13.0 Å². The molecule has 1 saturated heterocycles. The first kappa shape index (κ1) is 10.0. The number of aliphatic hydroxyl groups excluding tert-OH is 1. The molecule has 0 aromatic heterocycles. The summed E-state index contributed by atoms with van der Waals surface area (Å²) in [4.78, 5) is 2.43. The molecule has 0 radical (unpaired) electrons. The maximum Gasteiger partial charge on any atom is 0.0587 e. The SMILES string of the molecule is CC(C)(C)N1CCCCC1CO. The van der Waals surface area contributed by atoms with Gasteiger partial charge in [-0.3, -0.25) is 4.90 Å². The van der Waals surface area contributed by atoms with Crippen LogP contribution in [0.2, 0.25) is 0 Å². The van der Waals surface area contributed by atoms with Crippen LogP contribution in [0, 0.1) is 0 Å². The van der Waals surface area contributed by atoms with Gasteiger partial charge < -0.3 is 5.11 Å². The Bertz CT molecular complexity index is 139. The fraction of sp³-hybridized carbons (Fsp3) is 1.00. The predicted molar refractivity (Wildman–Crippen MR) is 51.2 cm³/mol. The molecule has 0 bridgehead atoms. The minimum atomic E-state index is 0.216. The Hall–Kier alpha value is -0.0800. The number of nitrogens with zero attached hydrogens (tertiary/aromatic N) is 1. The van der Waals surface area contributed by atoms with Crippen LogP contribution in [-0.2, 0) is 0 Å². The maximum absolute atomic E-state index is 9.18. The first-order valence-corrected chi connectivity index (χ1v) is 4.93. The van der Waals surface area contributed by atoms with E-state index in [0.29, 0.717) is 12.6 Å². The number of rotatable bonds is 1. The highest BCUT2D eigenvalue weighted by Gasteiger charge is 2.30. The molecule has 1 aliphatic heterocycles. The van der Waals surface area contributed by atoms with Gasteiger partial charge in [0, 0.05) is 11.6 Å². The fourth-order valence-electron chi connectivity index (χ4n) is 2.07. The number of hydrogen-bond donors (Lipinski definition) is 1. The summed E-state index contributed by atoms with van der Waals surface area (Å²) in [7, 11) is 0. The molecule has 1 rings (SSSR count). The van der Waals surface area contributed by atoms with E-state index in [4.69, 9.17) is 0 Å². The fourth-order valence-corrected chi connectivity index (χ4v) is 2.07. The van der Waals surface area contributed by atoms with Gasteiger partial charge in [0.2, 0.25) is 0 Å². The Morgan fingerprint density at radius 1 is 1.33 bits per heavy atom. The molecule has 2 heteroatoms. The molecule has 0 aliphatic carbocycles. The minimum Gasteiger partial charge on any atom is -0.395 e. The van der Waals surface area contributed by atoms with Gasteiger partial charge in [-0.05, 0) is 40.2 Å². The number of piperidine rings is 1. The highest BCUT2D eigenvalue weighted by Crippen LogP contribution is 2.24. The van der Waals surface area contributed by atoms with Crippen molar-refractivity contribution in [2.24, 2.45) is 0 Å². The van der Waals surface area contributed by atoms with Gasteiger partial charge in [-0.15, -0.1) is 0 Å². The molecule has 1 atom stereocenters. The Morgan fingerprint density at radius 2 is 2.00 bits per heavy atom. The van der Waals surface area contributed by atoms with Crippen molar-refractivity contribution in [1.29, 1.82) is 0 Å². The van der Waals surface area contributed by atoms with E-state index in [1.165, 1.54) is 12.8 Å². The quantitative estimate of drug-likeness (QED) is 0.648. The van der Waals surface area contributed by atoms with E-state index in [1.807, 2.05) is 0 Å². The van der Waals surface area contributed by atoms with Crippen LogP contribution in [0.4, 0.5) is 0 Å². The molecule has 12 heavy (non-hydrogen) atoms. The van der Waals surface area contributed by atoms with Crippen LogP contribution < -0.4 is 0 Å². The van der Waals surface area contributed by atoms with Crippen LogP contribution in [0.15, 0.2) is 0 Å². The summed E-state index contributed by atoms with van der Waals surface area (Å²) in [6.45, 7) is 8.13. The normalized spacial score (nSPS) is 27.5. The lowest BCUT2D eigenvalue weighted by Gasteiger charge is -2.43. The Balaban J connectivity index is 2.59. The van der Waals surface area contributed by atoms with Gasteiger partial charge in [-0.25, -0.2) is 0 Å². The van der Waals surface area contributed by atoms with Gasteiger partial charge in [0.05, 0.1) is 6.61 Å². The Labute approximate surface area is 75.6 Å². The molecule has 0 spiro atoms. The second-order valence-corrected chi connectivity index (χ2v) is 4.70. The second-order valence-electron chi connectivity index (χ2n) is 4.70. The van der Waals surface area contributed by atoms with Gasteiger partial charge in [-0.1, -0.05) is 6.42 Å². The first-order chi connectivity index (χ1) is 5.55. The lowest BCUT2D eigenvalue weighted by molar-refractivity contribution is 0.0203. The smallest absolute Gasteiger partial charge is 0.0587 e. The molecule has 72 valence electrons. The van der Waals surface area contributed by atoms with E-state index < -0.39 is 0 Å². The van der Waals surface area contributed by atoms with Gasteiger partial charge >= 0.3 is 0 Å². The molecule has 0 aromatic carbocycles. The zero-order valence-corrected chi connectivity index (χ0v) is 8.51. The van der Waals surface area contributed by atoms with Gasteiger partial charge in [0.1, 0.15) is 0 Å². The predicted octanol–water partition coefficient (Wildman–Crippen LogP) is 1.63. The van der Waals surface area contributed by atoms with Crippen molar-refractivity contribution >= 4 is 0 Å². The summed E-state index contributed by atoms with van der Waals surface area (Å²) in [5.74, 6) is 0. The van der Waals surface area contributed by atoms with Crippen molar-refractivity contribution in [3.8, 4) is 0 Å². The lowest BCUT2D eigenvalue weighted by Crippen LogP contribution is -2.52. The van der Waals surface area contributed by atoms with E-state index in [1.54, 1.807) is 0 Å². The van der Waals surface area contributed by atoms with E-state index >= 15 is 0 Å². The summed E-state index contributed by atoms with van der Waals surface area (Å²) in [6, 6.07) is 0.402. The van der Waals surface area contributed by atoms with Crippen molar-refractivity contribution in [2.45, 2.75) is 51.6 Å². The monoisotopic (exact) mass is 171 g/mol. The summed E-state index contributed by atoms with van der Waals surface area (Å²) >= 11 is 0. The largest absolute Gasteiger partial charge is 0.395 e. The minimum absolute atomic E-state index is 0.216. The molecule has 2 nitrogen and oxygen atoms in total. The van der Waals surface area contributed by atoms with Crippen LogP contribution in [0.25, 0.3) is 0 Å². The second kappa shape index (κ2) is 3.75. The molecule has 1 unspecified atom stereocenters. The third-order valence-corrected chi connectivity index (χ3v) is 2.70. The summed E-state index contributed by atoms with van der Waals surface area (Å²) in [5, 5.41) is 9.18. The topological polar surface area (TPSA) is 23.5 Å². The van der Waals surface area contributed by atoms with Gasteiger partial charge in [0.15, 0.2) is 0 Å². The van der Waals surface area contributed by atoms with Crippen molar-refractivity contribution < 1.29 is 5.11 Å². The molecule has 1 fully saturated rings. The third-order valence-electron chi connectivity index (χ3n) is 2.70. The Morgan fingerprint density at radius 3 is 2.42 bits per heavy atom. The summed E-state index contributed by atoms with van der Waals surface area (Å²) < 4.78 is 0. The highest BCUT2D eigenvalue weighted by atomic mass is 16.3. The van der Waals surface area contributed by atoms with Crippen LogP contribution in [0.3, 0.4) is 0 Å². The zero-order chi connectivity index (χ0) is 9.19. The average Bonchev–Trinajstić information content (AvgIpc) is 2.03. The van der Waals surface area contributed by atoms with Crippen LogP contribution in [0.5, 0.6) is 0 Å². The molecule has 0 aromatic rings. The van der Waals surface area contributed by atoms with Crippen molar-refractivity contribution in [3.63, 3.8) is 0 Å². The van der Waals surface area contributed by atoms with Crippen LogP contribution in [-0.4, -0.2) is 34.7 Å². The zero-order valence-electron chi connectivity index (χ0n) is 8.51. The first-order valence-electron chi connectivity index (χ1n) is 4.93.